The zero-order chi connectivity index (χ0) is 15.6. The first-order valence-electron chi connectivity index (χ1n) is 6.46. The molecular formula is C15H22BrNO3. The van der Waals surface area contributed by atoms with Gasteiger partial charge in [0, 0.05) is 10.0 Å². The van der Waals surface area contributed by atoms with Gasteiger partial charge in [-0.15, -0.1) is 0 Å². The van der Waals surface area contributed by atoms with Crippen molar-refractivity contribution in [2.24, 2.45) is 0 Å². The maximum Gasteiger partial charge on any atom is 0.407 e. The highest BCUT2D eigenvalue weighted by Crippen LogP contribution is 2.24. The smallest absolute Gasteiger partial charge is 0.407 e. The zero-order valence-electron chi connectivity index (χ0n) is 12.6. The quantitative estimate of drug-likeness (QED) is 0.882. The molecule has 20 heavy (non-hydrogen) atoms. The summed E-state index contributed by atoms with van der Waals surface area (Å²) in [7, 11) is 0. The highest BCUT2D eigenvalue weighted by molar-refractivity contribution is 9.10. The molecule has 1 amide bonds. The predicted molar refractivity (Wildman–Crippen MR) is 83.3 cm³/mol. The molecule has 0 bridgehead atoms. The standard InChI is InChI=1S/C15H22BrNO3/c1-14(2,3)17(13(18)19)10-15(4,5)20-12-8-6-11(16)7-9-12/h6-9H,10H2,1-5H3,(H,18,19). The molecule has 0 unspecified atom stereocenters. The van der Waals surface area contributed by atoms with E-state index in [-0.39, 0.29) is 0 Å². The van der Waals surface area contributed by atoms with Crippen molar-refractivity contribution < 1.29 is 14.6 Å². The molecule has 0 aliphatic carbocycles. The minimum absolute atomic E-state index is 0.294. The Labute approximate surface area is 128 Å². The van der Waals surface area contributed by atoms with Crippen LogP contribution in [0.3, 0.4) is 0 Å². The number of hydrogen-bond donors (Lipinski definition) is 1. The maximum atomic E-state index is 11.4. The van der Waals surface area contributed by atoms with Gasteiger partial charge in [0.2, 0.25) is 0 Å². The molecule has 0 aromatic heterocycles. The number of benzene rings is 1. The second-order valence-electron chi connectivity index (χ2n) is 6.36. The maximum absolute atomic E-state index is 11.4. The lowest BCUT2D eigenvalue weighted by Gasteiger charge is -2.39. The summed E-state index contributed by atoms with van der Waals surface area (Å²) >= 11 is 3.37. The average molecular weight is 344 g/mol. The fraction of sp³-hybridized carbons (Fsp3) is 0.533. The van der Waals surface area contributed by atoms with E-state index in [9.17, 15) is 9.90 Å². The van der Waals surface area contributed by atoms with E-state index in [2.05, 4.69) is 15.9 Å². The van der Waals surface area contributed by atoms with Crippen LogP contribution in [-0.4, -0.2) is 33.8 Å². The fourth-order valence-corrected chi connectivity index (χ4v) is 2.09. The molecule has 0 spiro atoms. The van der Waals surface area contributed by atoms with Gasteiger partial charge in [-0.2, -0.15) is 0 Å². The van der Waals surface area contributed by atoms with E-state index in [1.807, 2.05) is 58.9 Å². The first kappa shape index (κ1) is 16.8. The van der Waals surface area contributed by atoms with Crippen LogP contribution in [-0.2, 0) is 0 Å². The SMILES string of the molecule is CC(C)(CN(C(=O)O)C(C)(C)C)Oc1ccc(Br)cc1. The summed E-state index contributed by atoms with van der Waals surface area (Å²) in [6.45, 7) is 9.68. The number of carboxylic acid groups (broad SMARTS) is 1. The van der Waals surface area contributed by atoms with E-state index in [0.29, 0.717) is 6.54 Å². The molecule has 1 rings (SSSR count). The Kier molecular flexibility index (Phi) is 5.08. The van der Waals surface area contributed by atoms with E-state index < -0.39 is 17.2 Å². The van der Waals surface area contributed by atoms with Gasteiger partial charge < -0.3 is 9.84 Å². The molecule has 112 valence electrons. The second-order valence-corrected chi connectivity index (χ2v) is 7.27. The Bertz CT molecular complexity index is 463. The zero-order valence-corrected chi connectivity index (χ0v) is 14.2. The Morgan fingerprint density at radius 1 is 1.20 bits per heavy atom. The molecule has 0 heterocycles. The number of carbonyl (C=O) groups is 1. The Balaban J connectivity index is 2.82. The molecule has 0 atom stereocenters. The van der Waals surface area contributed by atoms with E-state index in [4.69, 9.17) is 4.74 Å². The Morgan fingerprint density at radius 2 is 1.70 bits per heavy atom. The fourth-order valence-electron chi connectivity index (χ4n) is 1.83. The molecule has 5 heteroatoms. The third-order valence-electron chi connectivity index (χ3n) is 2.79. The third-order valence-corrected chi connectivity index (χ3v) is 3.32. The van der Waals surface area contributed by atoms with Gasteiger partial charge in [-0.05, 0) is 58.9 Å². The van der Waals surface area contributed by atoms with Crippen LogP contribution in [0.4, 0.5) is 4.79 Å². The summed E-state index contributed by atoms with van der Waals surface area (Å²) in [5.41, 5.74) is -1.08. The molecule has 1 aromatic rings. The summed E-state index contributed by atoms with van der Waals surface area (Å²) in [5.74, 6) is 0.720. The van der Waals surface area contributed by atoms with E-state index in [1.54, 1.807) is 0 Å². The van der Waals surface area contributed by atoms with Crippen LogP contribution < -0.4 is 4.74 Å². The molecule has 0 saturated heterocycles. The Morgan fingerprint density at radius 3 is 2.10 bits per heavy atom. The van der Waals surface area contributed by atoms with Gasteiger partial charge in [0.25, 0.3) is 0 Å². The number of halogens is 1. The van der Waals surface area contributed by atoms with Crippen LogP contribution in [0.25, 0.3) is 0 Å². The van der Waals surface area contributed by atoms with Crippen LogP contribution in [0, 0.1) is 0 Å². The van der Waals surface area contributed by atoms with Crippen LogP contribution >= 0.6 is 15.9 Å². The van der Waals surface area contributed by atoms with Gasteiger partial charge in [0.1, 0.15) is 11.4 Å². The lowest BCUT2D eigenvalue weighted by molar-refractivity contribution is 0.0251. The predicted octanol–water partition coefficient (Wildman–Crippen LogP) is 4.39. The van der Waals surface area contributed by atoms with Crippen molar-refractivity contribution in [3.8, 4) is 5.75 Å². The van der Waals surface area contributed by atoms with Crippen LogP contribution in [0.2, 0.25) is 0 Å². The number of nitrogens with zero attached hydrogens (tertiary/aromatic N) is 1. The summed E-state index contributed by atoms with van der Waals surface area (Å²) in [6, 6.07) is 7.50. The summed E-state index contributed by atoms with van der Waals surface area (Å²) in [5, 5.41) is 9.34. The van der Waals surface area contributed by atoms with Gasteiger partial charge in [0.15, 0.2) is 0 Å². The van der Waals surface area contributed by atoms with Crippen molar-refractivity contribution in [2.75, 3.05) is 6.54 Å². The first-order valence-corrected chi connectivity index (χ1v) is 7.26. The highest BCUT2D eigenvalue weighted by atomic mass is 79.9. The van der Waals surface area contributed by atoms with Gasteiger partial charge in [-0.25, -0.2) is 4.79 Å². The minimum Gasteiger partial charge on any atom is -0.486 e. The van der Waals surface area contributed by atoms with Crippen molar-refractivity contribution in [1.82, 2.24) is 4.90 Å². The van der Waals surface area contributed by atoms with Gasteiger partial charge in [-0.3, -0.25) is 4.90 Å². The monoisotopic (exact) mass is 343 g/mol. The van der Waals surface area contributed by atoms with Crippen molar-refractivity contribution >= 4 is 22.0 Å². The van der Waals surface area contributed by atoms with Crippen LogP contribution in [0.15, 0.2) is 28.7 Å². The van der Waals surface area contributed by atoms with Crippen molar-refractivity contribution in [2.45, 2.75) is 45.8 Å². The van der Waals surface area contributed by atoms with Gasteiger partial charge in [-0.1, -0.05) is 15.9 Å². The van der Waals surface area contributed by atoms with E-state index in [1.165, 1.54) is 4.90 Å². The van der Waals surface area contributed by atoms with E-state index in [0.717, 1.165) is 10.2 Å². The van der Waals surface area contributed by atoms with Crippen molar-refractivity contribution in [1.29, 1.82) is 0 Å². The van der Waals surface area contributed by atoms with Crippen LogP contribution in [0.5, 0.6) is 5.75 Å². The lowest BCUT2D eigenvalue weighted by Crippen LogP contribution is -2.53. The van der Waals surface area contributed by atoms with Crippen molar-refractivity contribution in [3.05, 3.63) is 28.7 Å². The molecule has 4 nitrogen and oxygen atoms in total. The number of hydrogen-bond acceptors (Lipinski definition) is 2. The summed E-state index contributed by atoms with van der Waals surface area (Å²) in [4.78, 5) is 12.8. The molecule has 0 fully saturated rings. The number of rotatable bonds is 4. The summed E-state index contributed by atoms with van der Waals surface area (Å²) < 4.78 is 6.88. The second kappa shape index (κ2) is 6.04. The molecular weight excluding hydrogens is 322 g/mol. The molecule has 0 aliphatic rings. The topological polar surface area (TPSA) is 49.8 Å². The Hall–Kier alpha value is -1.23. The first-order chi connectivity index (χ1) is 9.01. The molecule has 0 radical (unpaired) electrons. The van der Waals surface area contributed by atoms with Gasteiger partial charge in [0.05, 0.1) is 6.54 Å². The number of amides is 1. The molecule has 1 N–H and O–H groups in total. The molecule has 1 aromatic carbocycles. The highest BCUT2D eigenvalue weighted by Gasteiger charge is 2.33. The van der Waals surface area contributed by atoms with E-state index >= 15 is 0 Å². The van der Waals surface area contributed by atoms with Crippen molar-refractivity contribution in [3.63, 3.8) is 0 Å². The third kappa shape index (κ3) is 5.04. The molecule has 0 aliphatic heterocycles. The molecule has 0 saturated carbocycles. The normalized spacial score (nSPS) is 12.1. The van der Waals surface area contributed by atoms with Crippen LogP contribution in [0.1, 0.15) is 34.6 Å². The van der Waals surface area contributed by atoms with Gasteiger partial charge >= 0.3 is 6.09 Å². The summed E-state index contributed by atoms with van der Waals surface area (Å²) in [6.07, 6.45) is -0.940. The lowest BCUT2D eigenvalue weighted by atomic mass is 10.0. The minimum atomic E-state index is -0.940. The largest absolute Gasteiger partial charge is 0.486 e. The average Bonchev–Trinajstić information content (AvgIpc) is 2.27. The number of ether oxygens (including phenoxy) is 1.